The first-order valence-corrected chi connectivity index (χ1v) is 12.1. The van der Waals surface area contributed by atoms with Crippen LogP contribution < -0.4 is 0 Å². The van der Waals surface area contributed by atoms with E-state index in [2.05, 4.69) is 106 Å². The number of phenols is 1. The first kappa shape index (κ1) is 20.8. The minimum atomic E-state index is -0.175. The molecule has 0 saturated heterocycles. The van der Waals surface area contributed by atoms with Crippen LogP contribution in [0.4, 0.5) is 0 Å². The summed E-state index contributed by atoms with van der Waals surface area (Å²) < 4.78 is 1.03. The fourth-order valence-corrected chi connectivity index (χ4v) is 5.28. The summed E-state index contributed by atoms with van der Waals surface area (Å²) in [5.74, 6) is 0.126. The third-order valence-corrected chi connectivity index (χ3v) is 7.07. The lowest BCUT2D eigenvalue weighted by molar-refractivity contribution is 0.468. The predicted molar refractivity (Wildman–Crippen MR) is 144 cm³/mol. The van der Waals surface area contributed by atoms with Crippen molar-refractivity contribution in [1.82, 2.24) is 4.98 Å². The van der Waals surface area contributed by atoms with E-state index in [9.17, 15) is 5.11 Å². The van der Waals surface area contributed by atoms with Crippen LogP contribution in [0.15, 0.2) is 120 Å². The molecule has 1 aromatic heterocycles. The van der Waals surface area contributed by atoms with Crippen LogP contribution in [0.25, 0.3) is 32.9 Å². The largest absolute Gasteiger partial charge is 0.508 e. The van der Waals surface area contributed by atoms with E-state index >= 15 is 0 Å². The van der Waals surface area contributed by atoms with Crippen molar-refractivity contribution in [2.75, 3.05) is 0 Å². The molecule has 2 nitrogen and oxygen atoms in total. The molecule has 2 N–H and O–H groups in total. The molecule has 0 bridgehead atoms. The summed E-state index contributed by atoms with van der Waals surface area (Å²) >= 11 is 3.59. The van der Waals surface area contributed by atoms with Gasteiger partial charge in [-0.25, -0.2) is 0 Å². The fraction of sp³-hybridized carbons (Fsp3) is 0.0323. The van der Waals surface area contributed by atoms with Crippen LogP contribution in [0.2, 0.25) is 0 Å². The standard InChI is InChI=1S/C31H22BrNO/c32-23-17-14-21(15-18-23)28(29-24-11-5-4-8-20(24)16-19-27(29)34)30-25-12-6-7-13-26(25)33-31(30)22-9-2-1-3-10-22/h1-19,28,33-34H/t28-/m0/s1. The maximum atomic E-state index is 11.3. The van der Waals surface area contributed by atoms with Gasteiger partial charge in [0.05, 0.1) is 5.69 Å². The Morgan fingerprint density at radius 2 is 1.29 bits per heavy atom. The highest BCUT2D eigenvalue weighted by Crippen LogP contribution is 2.47. The lowest BCUT2D eigenvalue weighted by Crippen LogP contribution is -2.06. The highest BCUT2D eigenvalue weighted by atomic mass is 79.9. The summed E-state index contributed by atoms with van der Waals surface area (Å²) in [6.45, 7) is 0. The summed E-state index contributed by atoms with van der Waals surface area (Å²) in [7, 11) is 0. The quantitative estimate of drug-likeness (QED) is 0.248. The Hall–Kier alpha value is -3.82. The molecule has 34 heavy (non-hydrogen) atoms. The van der Waals surface area contributed by atoms with Crippen LogP contribution >= 0.6 is 15.9 Å². The molecule has 6 aromatic rings. The number of phenolic OH excluding ortho intramolecular Hbond substituents is 1. The molecule has 0 saturated carbocycles. The van der Waals surface area contributed by atoms with E-state index in [4.69, 9.17) is 0 Å². The van der Waals surface area contributed by atoms with E-state index in [1.165, 1.54) is 0 Å². The van der Waals surface area contributed by atoms with Crippen LogP contribution in [0.1, 0.15) is 22.6 Å². The normalized spacial score (nSPS) is 12.3. The number of aromatic nitrogens is 1. The molecule has 3 heteroatoms. The predicted octanol–water partition coefficient (Wildman–Crippen LogP) is 8.64. The van der Waals surface area contributed by atoms with Crippen molar-refractivity contribution in [2.45, 2.75) is 5.92 Å². The zero-order valence-corrected chi connectivity index (χ0v) is 20.0. The molecular formula is C31H22BrNO. The molecular weight excluding hydrogens is 482 g/mol. The molecule has 164 valence electrons. The molecule has 0 unspecified atom stereocenters. The van der Waals surface area contributed by atoms with Crippen molar-refractivity contribution in [3.05, 3.63) is 136 Å². The van der Waals surface area contributed by atoms with Crippen LogP contribution in [0, 0.1) is 0 Å². The summed E-state index contributed by atoms with van der Waals surface area (Å²) in [6, 6.07) is 39.4. The average Bonchev–Trinajstić information content (AvgIpc) is 3.26. The minimum Gasteiger partial charge on any atom is -0.508 e. The topological polar surface area (TPSA) is 36.0 Å². The molecule has 0 aliphatic carbocycles. The second-order valence-corrected chi connectivity index (χ2v) is 9.45. The van der Waals surface area contributed by atoms with E-state index < -0.39 is 0 Å². The second-order valence-electron chi connectivity index (χ2n) is 8.53. The van der Waals surface area contributed by atoms with E-state index in [1.807, 2.05) is 30.3 Å². The number of halogens is 1. The number of hydrogen-bond acceptors (Lipinski definition) is 1. The van der Waals surface area contributed by atoms with E-state index in [0.29, 0.717) is 5.75 Å². The Bertz CT molecular complexity index is 1620. The van der Waals surface area contributed by atoms with Crippen molar-refractivity contribution in [3.8, 4) is 17.0 Å². The summed E-state index contributed by atoms with van der Waals surface area (Å²) in [5, 5.41) is 14.6. The average molecular weight is 504 g/mol. The Balaban J connectivity index is 1.75. The molecule has 6 rings (SSSR count). The number of aromatic amines is 1. The van der Waals surface area contributed by atoms with Gasteiger partial charge < -0.3 is 10.1 Å². The molecule has 0 fully saturated rings. The molecule has 5 aromatic carbocycles. The van der Waals surface area contributed by atoms with E-state index in [-0.39, 0.29) is 5.92 Å². The molecule has 0 aliphatic rings. The van der Waals surface area contributed by atoms with Crippen LogP contribution in [-0.4, -0.2) is 10.1 Å². The zero-order valence-electron chi connectivity index (χ0n) is 18.4. The Morgan fingerprint density at radius 3 is 2.09 bits per heavy atom. The number of benzene rings is 5. The van der Waals surface area contributed by atoms with Gasteiger partial charge in [-0.05, 0) is 51.7 Å². The van der Waals surface area contributed by atoms with E-state index in [1.54, 1.807) is 0 Å². The SMILES string of the molecule is Oc1ccc2ccccc2c1[C@H](c1ccc(Br)cc1)c1c(-c2ccccc2)[nH]c2ccccc12. The first-order valence-electron chi connectivity index (χ1n) is 11.3. The van der Waals surface area contributed by atoms with Crippen molar-refractivity contribution in [3.63, 3.8) is 0 Å². The van der Waals surface area contributed by atoms with Crippen LogP contribution in [0.5, 0.6) is 5.75 Å². The van der Waals surface area contributed by atoms with Gasteiger partial charge in [-0.1, -0.05) is 107 Å². The lowest BCUT2D eigenvalue weighted by atomic mass is 9.80. The highest BCUT2D eigenvalue weighted by molar-refractivity contribution is 9.10. The number of nitrogens with one attached hydrogen (secondary N) is 1. The van der Waals surface area contributed by atoms with Gasteiger partial charge in [0.2, 0.25) is 0 Å². The maximum absolute atomic E-state index is 11.3. The second kappa shape index (κ2) is 8.51. The fourth-order valence-electron chi connectivity index (χ4n) is 5.02. The Kier molecular flexibility index (Phi) is 5.20. The number of para-hydroxylation sites is 1. The van der Waals surface area contributed by atoms with Crippen LogP contribution in [-0.2, 0) is 0 Å². The number of fused-ring (bicyclic) bond motifs is 2. The van der Waals surface area contributed by atoms with Gasteiger partial charge in [0.15, 0.2) is 0 Å². The number of H-pyrrole nitrogens is 1. The molecule has 1 atom stereocenters. The molecule has 0 radical (unpaired) electrons. The van der Waals surface area contributed by atoms with Gasteiger partial charge in [0.1, 0.15) is 5.75 Å². The molecule has 1 heterocycles. The minimum absolute atomic E-state index is 0.175. The lowest BCUT2D eigenvalue weighted by Gasteiger charge is -2.23. The Labute approximate surface area is 206 Å². The highest BCUT2D eigenvalue weighted by Gasteiger charge is 2.28. The third-order valence-electron chi connectivity index (χ3n) is 6.54. The monoisotopic (exact) mass is 503 g/mol. The maximum Gasteiger partial charge on any atom is 0.120 e. The van der Waals surface area contributed by atoms with Gasteiger partial charge >= 0.3 is 0 Å². The van der Waals surface area contributed by atoms with Gasteiger partial charge in [-0.2, -0.15) is 0 Å². The smallest absolute Gasteiger partial charge is 0.120 e. The Morgan fingerprint density at radius 1 is 0.618 bits per heavy atom. The molecule has 0 spiro atoms. The van der Waals surface area contributed by atoms with Gasteiger partial charge in [-0.15, -0.1) is 0 Å². The van der Waals surface area contributed by atoms with Gasteiger partial charge in [0.25, 0.3) is 0 Å². The van der Waals surface area contributed by atoms with Crippen molar-refractivity contribution >= 4 is 37.6 Å². The van der Waals surface area contributed by atoms with Crippen molar-refractivity contribution < 1.29 is 5.11 Å². The molecule has 0 aliphatic heterocycles. The number of rotatable bonds is 4. The van der Waals surface area contributed by atoms with E-state index in [0.717, 1.165) is 54.1 Å². The number of aromatic hydroxyl groups is 1. The third kappa shape index (κ3) is 3.49. The summed E-state index contributed by atoms with van der Waals surface area (Å²) in [4.78, 5) is 3.69. The van der Waals surface area contributed by atoms with Gasteiger partial charge in [0, 0.05) is 26.9 Å². The number of hydrogen-bond donors (Lipinski definition) is 2. The van der Waals surface area contributed by atoms with Crippen molar-refractivity contribution in [1.29, 1.82) is 0 Å². The van der Waals surface area contributed by atoms with Crippen molar-refractivity contribution in [2.24, 2.45) is 0 Å². The summed E-state index contributed by atoms with van der Waals surface area (Å²) in [6.07, 6.45) is 0. The molecule has 0 amide bonds. The van der Waals surface area contributed by atoms with Crippen LogP contribution in [0.3, 0.4) is 0 Å². The van der Waals surface area contributed by atoms with Gasteiger partial charge in [-0.3, -0.25) is 0 Å². The first-order chi connectivity index (χ1) is 16.7. The zero-order chi connectivity index (χ0) is 23.1. The summed E-state index contributed by atoms with van der Waals surface area (Å²) in [5.41, 5.74) is 6.48.